The SMILES string of the molecule is CCC\C=C(C)/C=C(\C=C(/C)CC)Sc1cc(C=C(C)CCC)ccc1N1C=C1CCN. The van der Waals surface area contributed by atoms with Gasteiger partial charge in [0.1, 0.15) is 0 Å². The summed E-state index contributed by atoms with van der Waals surface area (Å²) in [5, 5.41) is 0. The summed E-state index contributed by atoms with van der Waals surface area (Å²) in [6, 6.07) is 6.86. The monoisotopic (exact) mass is 450 g/mol. The third-order valence-electron chi connectivity index (χ3n) is 5.52. The van der Waals surface area contributed by atoms with Gasteiger partial charge < -0.3 is 10.6 Å². The van der Waals surface area contributed by atoms with Crippen LogP contribution < -0.4 is 10.6 Å². The van der Waals surface area contributed by atoms with Crippen LogP contribution in [0.2, 0.25) is 0 Å². The van der Waals surface area contributed by atoms with Crippen LogP contribution in [0, 0.1) is 0 Å². The van der Waals surface area contributed by atoms with Gasteiger partial charge in [-0.2, -0.15) is 0 Å². The average molecular weight is 451 g/mol. The molecule has 0 aliphatic carbocycles. The number of rotatable bonds is 13. The number of nitrogens with zero attached hydrogens (tertiary/aromatic N) is 1. The largest absolute Gasteiger partial charge is 0.330 e. The molecule has 0 radical (unpaired) electrons. The number of hydrogen-bond acceptors (Lipinski definition) is 3. The molecular formula is C29H42N2S. The molecule has 1 aliphatic heterocycles. The van der Waals surface area contributed by atoms with E-state index in [4.69, 9.17) is 5.73 Å². The molecule has 0 saturated carbocycles. The lowest BCUT2D eigenvalue weighted by molar-refractivity contribution is 0.911. The third-order valence-corrected chi connectivity index (χ3v) is 6.54. The van der Waals surface area contributed by atoms with Crippen LogP contribution in [-0.2, 0) is 0 Å². The summed E-state index contributed by atoms with van der Waals surface area (Å²) in [5.74, 6) is 0. The van der Waals surface area contributed by atoms with E-state index in [0.29, 0.717) is 6.54 Å². The number of unbranched alkanes of at least 4 members (excludes halogenated alkanes) is 1. The minimum atomic E-state index is 0.687. The second kappa shape index (κ2) is 13.5. The van der Waals surface area contributed by atoms with E-state index >= 15 is 0 Å². The summed E-state index contributed by atoms with van der Waals surface area (Å²) < 4.78 is 0. The van der Waals surface area contributed by atoms with Crippen LogP contribution >= 0.6 is 11.8 Å². The normalized spacial score (nSPS) is 15.3. The molecule has 2 rings (SSSR count). The molecule has 0 aromatic heterocycles. The van der Waals surface area contributed by atoms with E-state index in [0.717, 1.165) is 25.7 Å². The van der Waals surface area contributed by atoms with Crippen molar-refractivity contribution in [1.29, 1.82) is 0 Å². The van der Waals surface area contributed by atoms with Crippen molar-refractivity contribution in [3.8, 4) is 0 Å². The van der Waals surface area contributed by atoms with E-state index < -0.39 is 0 Å². The molecular weight excluding hydrogens is 408 g/mol. The maximum atomic E-state index is 5.80. The summed E-state index contributed by atoms with van der Waals surface area (Å²) in [7, 11) is 0. The Kier molecular flexibility index (Phi) is 11.1. The molecule has 0 fully saturated rings. The van der Waals surface area contributed by atoms with Crippen molar-refractivity contribution in [1.82, 2.24) is 0 Å². The van der Waals surface area contributed by atoms with Gasteiger partial charge in [-0.25, -0.2) is 0 Å². The summed E-state index contributed by atoms with van der Waals surface area (Å²) in [6.45, 7) is 14.0. The average Bonchev–Trinajstić information content (AvgIpc) is 3.51. The fraction of sp³-hybridized carbons (Fsp3) is 0.448. The summed E-state index contributed by atoms with van der Waals surface area (Å²) in [5.41, 5.74) is 13.8. The van der Waals surface area contributed by atoms with Crippen LogP contribution in [0.3, 0.4) is 0 Å². The van der Waals surface area contributed by atoms with E-state index in [9.17, 15) is 0 Å². The predicted octanol–water partition coefficient (Wildman–Crippen LogP) is 8.98. The van der Waals surface area contributed by atoms with Crippen molar-refractivity contribution in [3.05, 3.63) is 75.5 Å². The highest BCUT2D eigenvalue weighted by molar-refractivity contribution is 8.03. The summed E-state index contributed by atoms with van der Waals surface area (Å²) >= 11 is 1.87. The van der Waals surface area contributed by atoms with Crippen molar-refractivity contribution < 1.29 is 0 Å². The summed E-state index contributed by atoms with van der Waals surface area (Å²) in [4.78, 5) is 4.89. The second-order valence-corrected chi connectivity index (χ2v) is 9.84. The van der Waals surface area contributed by atoms with Crippen LogP contribution in [0.4, 0.5) is 5.69 Å². The van der Waals surface area contributed by atoms with Gasteiger partial charge in [0, 0.05) is 28.1 Å². The zero-order chi connectivity index (χ0) is 23.5. The van der Waals surface area contributed by atoms with Crippen LogP contribution in [0.15, 0.2) is 74.8 Å². The minimum absolute atomic E-state index is 0.687. The Morgan fingerprint density at radius 3 is 2.47 bits per heavy atom. The molecule has 3 heteroatoms. The number of allylic oxidation sites excluding steroid dienone is 6. The summed E-state index contributed by atoms with van der Waals surface area (Å²) in [6.07, 6.45) is 18.2. The van der Waals surface area contributed by atoms with Crippen molar-refractivity contribution in [2.24, 2.45) is 5.73 Å². The van der Waals surface area contributed by atoms with Gasteiger partial charge in [-0.15, -0.1) is 0 Å². The second-order valence-electron chi connectivity index (χ2n) is 8.73. The molecule has 1 aromatic rings. The first-order valence-electron chi connectivity index (χ1n) is 12.2. The maximum Gasteiger partial charge on any atom is 0.0593 e. The number of hydrogen-bond donors (Lipinski definition) is 1. The quantitative estimate of drug-likeness (QED) is 0.240. The van der Waals surface area contributed by atoms with Gasteiger partial charge in [0.2, 0.25) is 0 Å². The van der Waals surface area contributed by atoms with Gasteiger partial charge in [0.25, 0.3) is 0 Å². The van der Waals surface area contributed by atoms with Crippen molar-refractivity contribution >= 4 is 23.5 Å². The van der Waals surface area contributed by atoms with Gasteiger partial charge in [-0.1, -0.05) is 80.3 Å². The molecule has 32 heavy (non-hydrogen) atoms. The smallest absolute Gasteiger partial charge is 0.0593 e. The Balaban J connectivity index is 2.44. The van der Waals surface area contributed by atoms with E-state index in [1.165, 1.54) is 56.3 Å². The zero-order valence-electron chi connectivity index (χ0n) is 21.0. The molecule has 1 aliphatic rings. The van der Waals surface area contributed by atoms with Crippen LogP contribution in [0.5, 0.6) is 0 Å². The molecule has 2 nitrogen and oxygen atoms in total. The Labute approximate surface area is 201 Å². The van der Waals surface area contributed by atoms with Crippen LogP contribution in [0.25, 0.3) is 6.08 Å². The van der Waals surface area contributed by atoms with Crippen LogP contribution in [0.1, 0.15) is 85.6 Å². The fourth-order valence-corrected chi connectivity index (χ4v) is 4.78. The van der Waals surface area contributed by atoms with E-state index in [2.05, 4.69) is 95.1 Å². The maximum absolute atomic E-state index is 5.80. The number of nitrogens with two attached hydrogens (primary N) is 1. The van der Waals surface area contributed by atoms with Crippen molar-refractivity contribution in [2.75, 3.05) is 11.4 Å². The highest BCUT2D eigenvalue weighted by Crippen LogP contribution is 2.43. The molecule has 0 saturated heterocycles. The lowest BCUT2D eigenvalue weighted by Gasteiger charge is -2.15. The Bertz CT molecular complexity index is 915. The molecule has 1 heterocycles. The third kappa shape index (κ3) is 8.52. The first-order chi connectivity index (χ1) is 15.4. The molecule has 0 bridgehead atoms. The predicted molar refractivity (Wildman–Crippen MR) is 146 cm³/mol. The lowest BCUT2D eigenvalue weighted by Crippen LogP contribution is -2.03. The molecule has 1 aromatic carbocycles. The Morgan fingerprint density at radius 1 is 1.03 bits per heavy atom. The van der Waals surface area contributed by atoms with Gasteiger partial charge >= 0.3 is 0 Å². The topological polar surface area (TPSA) is 29.0 Å². The molecule has 0 spiro atoms. The zero-order valence-corrected chi connectivity index (χ0v) is 21.8. The van der Waals surface area contributed by atoms with Gasteiger partial charge in [-0.3, -0.25) is 0 Å². The van der Waals surface area contributed by atoms with Crippen molar-refractivity contribution in [2.45, 2.75) is 85.0 Å². The highest BCUT2D eigenvalue weighted by Gasteiger charge is 2.24. The number of anilines is 1. The molecule has 2 N–H and O–H groups in total. The first kappa shape index (κ1) is 26.3. The molecule has 0 atom stereocenters. The van der Waals surface area contributed by atoms with E-state index in [-0.39, 0.29) is 0 Å². The Hall–Kier alpha value is -1.97. The number of thioether (sulfide) groups is 1. The standard InChI is InChI=1S/C29H42N2S/c1-7-10-12-24(6)19-27(18-22(4)9-3)32-29-20-25(17-23(5)11-8-2)13-14-28(29)31-21-26(31)15-16-30/h12-14,17-21H,7-11,15-16,30H2,1-6H3/b22-18+,23-17?,24-12-,27-19+. The van der Waals surface area contributed by atoms with Crippen LogP contribution in [-0.4, -0.2) is 6.54 Å². The molecule has 0 amide bonds. The fourth-order valence-electron chi connectivity index (χ4n) is 3.56. The Morgan fingerprint density at radius 2 is 1.81 bits per heavy atom. The van der Waals surface area contributed by atoms with E-state index in [1.807, 2.05) is 11.8 Å². The van der Waals surface area contributed by atoms with Gasteiger partial charge in [0.05, 0.1) is 5.69 Å². The molecule has 174 valence electrons. The first-order valence-corrected chi connectivity index (χ1v) is 13.0. The highest BCUT2D eigenvalue weighted by atomic mass is 32.2. The molecule has 0 unspecified atom stereocenters. The van der Waals surface area contributed by atoms with Gasteiger partial charge in [-0.05, 0) is 76.4 Å². The lowest BCUT2D eigenvalue weighted by atomic mass is 10.1. The van der Waals surface area contributed by atoms with E-state index in [1.54, 1.807) is 0 Å². The van der Waals surface area contributed by atoms with Crippen molar-refractivity contribution in [3.63, 3.8) is 0 Å². The van der Waals surface area contributed by atoms with Gasteiger partial charge in [0.15, 0.2) is 0 Å². The minimum Gasteiger partial charge on any atom is -0.330 e. The number of benzene rings is 1.